The summed E-state index contributed by atoms with van der Waals surface area (Å²) in [6.45, 7) is 13.5. The number of halogens is 2. The zero-order valence-electron chi connectivity index (χ0n) is 24.2. The van der Waals surface area contributed by atoms with Gasteiger partial charge in [0.05, 0.1) is 22.1 Å². The second-order valence-corrected chi connectivity index (χ2v) is 14.0. The van der Waals surface area contributed by atoms with E-state index in [-0.39, 0.29) is 10.8 Å². The first-order valence-corrected chi connectivity index (χ1v) is 16.4. The van der Waals surface area contributed by atoms with E-state index in [9.17, 15) is 0 Å². The molecular weight excluding hydrogens is 590 g/mol. The Morgan fingerprint density at radius 2 is 0.854 bits per heavy atom. The minimum atomic E-state index is -0.0324. The van der Waals surface area contributed by atoms with E-state index in [2.05, 4.69) is 139 Å². The van der Waals surface area contributed by atoms with Gasteiger partial charge in [0, 0.05) is 10.8 Å². The summed E-state index contributed by atoms with van der Waals surface area (Å²) in [5, 5.41) is 9.13. The zero-order valence-corrected chi connectivity index (χ0v) is 26.7. The molecule has 2 nitrogen and oxygen atoms in total. The molecule has 41 heavy (non-hydrogen) atoms. The van der Waals surface area contributed by atoms with Crippen molar-refractivity contribution in [2.45, 2.75) is 52.4 Å². The maximum absolute atomic E-state index is 5.45. The van der Waals surface area contributed by atoms with Crippen molar-refractivity contribution in [3.8, 4) is 0 Å². The van der Waals surface area contributed by atoms with Crippen molar-refractivity contribution < 1.29 is 12.7 Å². The van der Waals surface area contributed by atoms with Crippen LogP contribution in [-0.4, -0.2) is 0 Å². The van der Waals surface area contributed by atoms with E-state index in [4.69, 9.17) is 30.4 Å². The quantitative estimate of drug-likeness (QED) is 0.135. The number of hydrogen-bond donors (Lipinski definition) is 0. The number of hydrogen-bond acceptors (Lipinski definition) is 2. The molecule has 0 bridgehead atoms. The monoisotopic (exact) mass is 622 g/mol. The van der Waals surface area contributed by atoms with E-state index in [1.807, 2.05) is 0 Å². The van der Waals surface area contributed by atoms with Gasteiger partial charge in [-0.1, -0.05) is 126 Å². The standard InChI is InChI=1S/C36H34N2.2ClH.Ni/c1-35(2,3)27-17-7-9-19-29(27)37-33-25-15-11-13-23-21-22-24-14-12-16-26(32(24)31(23)25)34(33)38-30-20-10-8-18-28(30)36(4,5)6;;;/h7-22H,1-6H3;2*1H;/q;;;+2/p-2. The van der Waals surface area contributed by atoms with Gasteiger partial charge in [-0.25, -0.2) is 9.98 Å². The number of benzene rings is 6. The Morgan fingerprint density at radius 3 is 1.22 bits per heavy atom. The first-order valence-electron chi connectivity index (χ1n) is 13.7. The molecule has 0 atom stereocenters. The van der Waals surface area contributed by atoms with E-state index in [0.29, 0.717) is 12.7 Å². The van der Waals surface area contributed by atoms with Crippen LogP contribution in [0.4, 0.5) is 11.4 Å². The molecule has 5 heteroatoms. The average Bonchev–Trinajstić information content (AvgIpc) is 2.93. The van der Waals surface area contributed by atoms with Crippen molar-refractivity contribution >= 4 is 64.1 Å². The molecule has 0 saturated carbocycles. The van der Waals surface area contributed by atoms with E-state index >= 15 is 0 Å². The molecule has 6 aromatic rings. The summed E-state index contributed by atoms with van der Waals surface area (Å²) in [5.41, 5.74) is 4.38. The Kier molecular flexibility index (Phi) is 8.44. The molecule has 6 aromatic carbocycles. The van der Waals surface area contributed by atoms with Gasteiger partial charge in [0.1, 0.15) is 0 Å². The second kappa shape index (κ2) is 11.7. The summed E-state index contributed by atoms with van der Waals surface area (Å²) in [5.74, 6) is 0. The van der Waals surface area contributed by atoms with Crippen LogP contribution in [-0.2, 0) is 23.5 Å². The first-order chi connectivity index (χ1) is 19.5. The molecule has 0 aliphatic rings. The van der Waals surface area contributed by atoms with Crippen LogP contribution in [0.3, 0.4) is 0 Å². The van der Waals surface area contributed by atoms with Gasteiger partial charge >= 0.3 is 33.0 Å². The van der Waals surface area contributed by atoms with E-state index < -0.39 is 0 Å². The Labute approximate surface area is 256 Å². The van der Waals surface area contributed by atoms with Gasteiger partial charge < -0.3 is 0 Å². The summed E-state index contributed by atoms with van der Waals surface area (Å²) >= 11 is 0.569. The fourth-order valence-electron chi connectivity index (χ4n) is 5.68. The van der Waals surface area contributed by atoms with E-state index in [0.717, 1.165) is 32.9 Å². The summed E-state index contributed by atoms with van der Waals surface area (Å²) < 4.78 is 0. The van der Waals surface area contributed by atoms with Crippen LogP contribution in [0.1, 0.15) is 52.7 Å². The van der Waals surface area contributed by atoms with Gasteiger partial charge in [0.15, 0.2) is 0 Å². The molecule has 0 aromatic heterocycles. The minimum absolute atomic E-state index is 0.0324. The van der Waals surface area contributed by atoms with Gasteiger partial charge in [-0.2, -0.15) is 0 Å². The van der Waals surface area contributed by atoms with Gasteiger partial charge in [0.2, 0.25) is 0 Å². The van der Waals surface area contributed by atoms with Crippen LogP contribution in [0.25, 0.3) is 32.3 Å². The van der Waals surface area contributed by atoms with Gasteiger partial charge in [-0.3, -0.25) is 0 Å². The number of rotatable bonds is 2. The summed E-state index contributed by atoms with van der Waals surface area (Å²) in [6, 6.07) is 34.6. The fourth-order valence-corrected chi connectivity index (χ4v) is 5.68. The molecule has 6 rings (SSSR count). The SMILES string of the molecule is CC(C)(C)c1ccccc1N=c1c(=Nc2ccccc2C(C)(C)C)c2cccc3ccc4cccc1c4c32.[Cl][Ni][Cl]. The molecule has 0 aliphatic heterocycles. The molecule has 0 radical (unpaired) electrons. The van der Waals surface area contributed by atoms with Crippen LogP contribution in [0.5, 0.6) is 0 Å². The third-order valence-corrected chi connectivity index (χ3v) is 7.51. The maximum atomic E-state index is 5.45. The normalized spacial score (nSPS) is 13.4. The van der Waals surface area contributed by atoms with Crippen molar-refractivity contribution in [2.75, 3.05) is 0 Å². The zero-order chi connectivity index (χ0) is 29.4. The van der Waals surface area contributed by atoms with Crippen LogP contribution >= 0.6 is 20.4 Å². The Balaban J connectivity index is 0.00000108. The molecule has 212 valence electrons. The topological polar surface area (TPSA) is 24.7 Å². The average molecular weight is 624 g/mol. The molecule has 0 aliphatic carbocycles. The Morgan fingerprint density at radius 1 is 0.488 bits per heavy atom. The second-order valence-electron chi connectivity index (χ2n) is 12.4. The van der Waals surface area contributed by atoms with Crippen molar-refractivity contribution in [3.05, 3.63) is 119 Å². The number of nitrogens with zero attached hydrogens (tertiary/aromatic N) is 2. The van der Waals surface area contributed by atoms with Crippen LogP contribution in [0.15, 0.2) is 107 Å². The van der Waals surface area contributed by atoms with Gasteiger partial charge in [-0.05, 0) is 55.6 Å². The predicted octanol–water partition coefficient (Wildman–Crippen LogP) is 10.5. The van der Waals surface area contributed by atoms with Crippen molar-refractivity contribution in [1.82, 2.24) is 0 Å². The summed E-state index contributed by atoms with van der Waals surface area (Å²) in [6.07, 6.45) is 0. The molecule has 0 saturated heterocycles. The van der Waals surface area contributed by atoms with Gasteiger partial charge in [-0.15, -0.1) is 0 Å². The Hall–Kier alpha value is -2.97. The molecule has 0 fully saturated rings. The van der Waals surface area contributed by atoms with Crippen LogP contribution in [0.2, 0.25) is 0 Å². The number of para-hydroxylation sites is 2. The van der Waals surface area contributed by atoms with Crippen molar-refractivity contribution in [2.24, 2.45) is 9.98 Å². The van der Waals surface area contributed by atoms with Crippen molar-refractivity contribution in [3.63, 3.8) is 0 Å². The van der Waals surface area contributed by atoms with Crippen LogP contribution < -0.4 is 10.7 Å². The molecule has 0 heterocycles. The van der Waals surface area contributed by atoms with E-state index in [1.165, 1.54) is 32.7 Å². The van der Waals surface area contributed by atoms with Crippen LogP contribution in [0, 0.1) is 0 Å². The third-order valence-electron chi connectivity index (χ3n) is 7.51. The van der Waals surface area contributed by atoms with E-state index in [1.54, 1.807) is 0 Å². The molecular formula is C36H34Cl2N2Ni. The summed E-state index contributed by atoms with van der Waals surface area (Å²) in [4.78, 5) is 10.9. The van der Waals surface area contributed by atoms with Crippen molar-refractivity contribution in [1.29, 1.82) is 0 Å². The first kappa shape index (κ1) is 29.5. The Bertz CT molecular complexity index is 1820. The van der Waals surface area contributed by atoms with Gasteiger partial charge in [0.25, 0.3) is 0 Å². The molecule has 0 spiro atoms. The molecule has 0 amide bonds. The predicted molar refractivity (Wildman–Crippen MR) is 174 cm³/mol. The molecule has 0 unspecified atom stereocenters. The molecule has 0 N–H and O–H groups in total. The third kappa shape index (κ3) is 5.86. The summed E-state index contributed by atoms with van der Waals surface area (Å²) in [7, 11) is 9.40. The fraction of sp³-hybridized carbons (Fsp3) is 0.222.